The van der Waals surface area contributed by atoms with Crippen molar-refractivity contribution >= 4 is 5.69 Å². The molecule has 2 aromatic rings. The van der Waals surface area contributed by atoms with Crippen LogP contribution in [0.25, 0.3) is 0 Å². The van der Waals surface area contributed by atoms with Crippen molar-refractivity contribution in [3.8, 4) is 11.5 Å². The summed E-state index contributed by atoms with van der Waals surface area (Å²) in [5.41, 5.74) is 2.43. The standard InChI is InChI=1S/C12H15N3O3/c1-8-12(15-18-14-8)7-13-9-4-10(16-2)6-11(5-9)17-3/h4-6,13H,7H2,1-3H3. The summed E-state index contributed by atoms with van der Waals surface area (Å²) in [6.07, 6.45) is 0. The maximum absolute atomic E-state index is 5.19. The highest BCUT2D eigenvalue weighted by Gasteiger charge is 2.06. The molecular formula is C12H15N3O3. The highest BCUT2D eigenvalue weighted by molar-refractivity contribution is 5.53. The molecule has 0 atom stereocenters. The van der Waals surface area contributed by atoms with E-state index in [-0.39, 0.29) is 0 Å². The molecule has 0 amide bonds. The van der Waals surface area contributed by atoms with E-state index in [0.717, 1.165) is 28.6 Å². The average Bonchev–Trinajstić information content (AvgIpc) is 2.81. The highest BCUT2D eigenvalue weighted by Crippen LogP contribution is 2.26. The van der Waals surface area contributed by atoms with Crippen LogP contribution in [0.5, 0.6) is 11.5 Å². The predicted molar refractivity (Wildman–Crippen MR) is 65.9 cm³/mol. The first-order valence-electron chi connectivity index (χ1n) is 5.48. The fraction of sp³-hybridized carbons (Fsp3) is 0.333. The summed E-state index contributed by atoms with van der Waals surface area (Å²) in [6.45, 7) is 2.38. The number of anilines is 1. The number of nitrogens with one attached hydrogen (secondary N) is 1. The van der Waals surface area contributed by atoms with Gasteiger partial charge in [-0.1, -0.05) is 10.3 Å². The molecule has 96 valence electrons. The molecule has 18 heavy (non-hydrogen) atoms. The normalized spacial score (nSPS) is 10.2. The van der Waals surface area contributed by atoms with Gasteiger partial charge in [0.1, 0.15) is 22.9 Å². The Morgan fingerprint density at radius 3 is 2.28 bits per heavy atom. The Morgan fingerprint density at radius 2 is 1.78 bits per heavy atom. The van der Waals surface area contributed by atoms with Gasteiger partial charge in [0.15, 0.2) is 0 Å². The van der Waals surface area contributed by atoms with Crippen LogP contribution in [0.1, 0.15) is 11.4 Å². The molecule has 6 heteroatoms. The molecule has 0 spiro atoms. The number of hydrogen-bond acceptors (Lipinski definition) is 6. The minimum absolute atomic E-state index is 0.533. The molecule has 0 aliphatic heterocycles. The molecule has 1 aromatic heterocycles. The Morgan fingerprint density at radius 1 is 1.11 bits per heavy atom. The van der Waals surface area contributed by atoms with Gasteiger partial charge in [-0.15, -0.1) is 0 Å². The molecule has 0 bridgehead atoms. The summed E-state index contributed by atoms with van der Waals surface area (Å²) < 4.78 is 15.0. The molecular weight excluding hydrogens is 234 g/mol. The van der Waals surface area contributed by atoms with E-state index in [2.05, 4.69) is 20.3 Å². The molecule has 0 saturated carbocycles. The van der Waals surface area contributed by atoms with E-state index in [1.807, 2.05) is 25.1 Å². The lowest BCUT2D eigenvalue weighted by atomic mass is 10.2. The maximum Gasteiger partial charge on any atom is 0.127 e. The zero-order valence-electron chi connectivity index (χ0n) is 10.6. The van der Waals surface area contributed by atoms with Crippen LogP contribution in [-0.2, 0) is 6.54 Å². The van der Waals surface area contributed by atoms with Gasteiger partial charge in [0.25, 0.3) is 0 Å². The van der Waals surface area contributed by atoms with E-state index < -0.39 is 0 Å². The van der Waals surface area contributed by atoms with Crippen molar-refractivity contribution in [1.82, 2.24) is 10.3 Å². The molecule has 0 saturated heterocycles. The molecule has 0 unspecified atom stereocenters. The number of hydrogen-bond donors (Lipinski definition) is 1. The van der Waals surface area contributed by atoms with Gasteiger partial charge in [-0.25, -0.2) is 4.63 Å². The van der Waals surface area contributed by atoms with Crippen molar-refractivity contribution in [2.45, 2.75) is 13.5 Å². The summed E-state index contributed by atoms with van der Waals surface area (Å²) in [7, 11) is 3.23. The summed E-state index contributed by atoms with van der Waals surface area (Å²) in [5.74, 6) is 1.46. The Kier molecular flexibility index (Phi) is 3.66. The third-order valence-electron chi connectivity index (χ3n) is 2.56. The highest BCUT2D eigenvalue weighted by atomic mass is 16.6. The van der Waals surface area contributed by atoms with Crippen LogP contribution in [0.3, 0.4) is 0 Å². The third kappa shape index (κ3) is 2.71. The van der Waals surface area contributed by atoms with Crippen LogP contribution < -0.4 is 14.8 Å². The third-order valence-corrected chi connectivity index (χ3v) is 2.56. The fourth-order valence-corrected chi connectivity index (χ4v) is 1.51. The quantitative estimate of drug-likeness (QED) is 0.874. The van der Waals surface area contributed by atoms with Gasteiger partial charge in [0.05, 0.1) is 20.8 Å². The Balaban J connectivity index is 2.11. The summed E-state index contributed by atoms with van der Waals surface area (Å²) in [4.78, 5) is 0. The molecule has 2 rings (SSSR count). The van der Waals surface area contributed by atoms with Gasteiger partial charge in [0, 0.05) is 23.9 Å². The van der Waals surface area contributed by atoms with Gasteiger partial charge in [0.2, 0.25) is 0 Å². The van der Waals surface area contributed by atoms with Crippen LogP contribution in [0.2, 0.25) is 0 Å². The Labute approximate surface area is 105 Å². The molecule has 0 fully saturated rings. The van der Waals surface area contributed by atoms with Crippen molar-refractivity contribution in [3.63, 3.8) is 0 Å². The number of methoxy groups -OCH3 is 2. The van der Waals surface area contributed by atoms with E-state index in [9.17, 15) is 0 Å². The van der Waals surface area contributed by atoms with E-state index in [1.165, 1.54) is 0 Å². The number of aryl methyl sites for hydroxylation is 1. The Bertz CT molecular complexity index is 503. The fourth-order valence-electron chi connectivity index (χ4n) is 1.51. The average molecular weight is 249 g/mol. The van der Waals surface area contributed by atoms with Gasteiger partial charge in [-0.3, -0.25) is 0 Å². The minimum Gasteiger partial charge on any atom is -0.497 e. The number of aromatic nitrogens is 2. The molecule has 1 aromatic carbocycles. The number of rotatable bonds is 5. The van der Waals surface area contributed by atoms with Crippen molar-refractivity contribution in [3.05, 3.63) is 29.6 Å². The lowest BCUT2D eigenvalue weighted by Gasteiger charge is -2.09. The molecule has 1 N–H and O–H groups in total. The van der Waals surface area contributed by atoms with Gasteiger partial charge < -0.3 is 14.8 Å². The maximum atomic E-state index is 5.19. The van der Waals surface area contributed by atoms with Gasteiger partial charge in [-0.05, 0) is 6.92 Å². The van der Waals surface area contributed by atoms with Gasteiger partial charge in [-0.2, -0.15) is 0 Å². The summed E-state index contributed by atoms with van der Waals surface area (Å²) in [6, 6.07) is 5.57. The van der Waals surface area contributed by atoms with Crippen molar-refractivity contribution < 1.29 is 14.1 Å². The van der Waals surface area contributed by atoms with E-state index in [0.29, 0.717) is 6.54 Å². The second kappa shape index (κ2) is 5.39. The molecule has 6 nitrogen and oxygen atoms in total. The monoisotopic (exact) mass is 249 g/mol. The molecule has 0 aliphatic carbocycles. The second-order valence-corrected chi connectivity index (χ2v) is 3.75. The molecule has 0 radical (unpaired) electrons. The van der Waals surface area contributed by atoms with Crippen molar-refractivity contribution in [2.24, 2.45) is 0 Å². The predicted octanol–water partition coefficient (Wildman–Crippen LogP) is 2.01. The van der Waals surface area contributed by atoms with E-state index in [1.54, 1.807) is 14.2 Å². The van der Waals surface area contributed by atoms with Crippen LogP contribution in [-0.4, -0.2) is 24.5 Å². The molecule has 1 heterocycles. The minimum atomic E-state index is 0.533. The van der Waals surface area contributed by atoms with Crippen LogP contribution >= 0.6 is 0 Å². The second-order valence-electron chi connectivity index (χ2n) is 3.75. The molecule has 0 aliphatic rings. The lowest BCUT2D eigenvalue weighted by molar-refractivity contribution is 0.301. The van der Waals surface area contributed by atoms with Crippen LogP contribution in [0.4, 0.5) is 5.69 Å². The summed E-state index contributed by atoms with van der Waals surface area (Å²) in [5, 5.41) is 10.7. The number of ether oxygens (including phenoxy) is 2. The zero-order valence-corrected chi connectivity index (χ0v) is 10.6. The SMILES string of the molecule is COc1cc(NCc2nonc2C)cc(OC)c1. The van der Waals surface area contributed by atoms with E-state index >= 15 is 0 Å². The summed E-state index contributed by atoms with van der Waals surface area (Å²) >= 11 is 0. The Hall–Kier alpha value is -2.24. The van der Waals surface area contributed by atoms with Crippen LogP contribution in [0.15, 0.2) is 22.8 Å². The van der Waals surface area contributed by atoms with Gasteiger partial charge >= 0.3 is 0 Å². The van der Waals surface area contributed by atoms with Crippen molar-refractivity contribution in [2.75, 3.05) is 19.5 Å². The topological polar surface area (TPSA) is 69.4 Å². The van der Waals surface area contributed by atoms with E-state index in [4.69, 9.17) is 9.47 Å². The van der Waals surface area contributed by atoms with Crippen LogP contribution in [0, 0.1) is 6.92 Å². The smallest absolute Gasteiger partial charge is 0.127 e. The lowest BCUT2D eigenvalue weighted by Crippen LogP contribution is -2.02. The number of nitrogens with zero attached hydrogens (tertiary/aromatic N) is 2. The first-order chi connectivity index (χ1) is 8.72. The number of benzene rings is 1. The first kappa shape index (κ1) is 12.2. The first-order valence-corrected chi connectivity index (χ1v) is 5.48. The zero-order chi connectivity index (χ0) is 13.0. The largest absolute Gasteiger partial charge is 0.497 e. The van der Waals surface area contributed by atoms with Crippen molar-refractivity contribution in [1.29, 1.82) is 0 Å².